The van der Waals surface area contributed by atoms with E-state index >= 15 is 0 Å². The van der Waals surface area contributed by atoms with E-state index in [4.69, 9.17) is 5.73 Å². The van der Waals surface area contributed by atoms with Gasteiger partial charge in [0.05, 0.1) is 5.69 Å². The number of hydrogen-bond donors (Lipinski definition) is 2. The molecule has 0 fully saturated rings. The van der Waals surface area contributed by atoms with Crippen LogP contribution < -0.4 is 11.3 Å². The van der Waals surface area contributed by atoms with E-state index in [1.165, 1.54) is 12.1 Å². The van der Waals surface area contributed by atoms with Crippen molar-refractivity contribution in [2.24, 2.45) is 5.73 Å². The van der Waals surface area contributed by atoms with E-state index in [2.05, 4.69) is 5.10 Å². The first-order valence-electron chi connectivity index (χ1n) is 4.88. The molecule has 0 aliphatic heterocycles. The number of halogens is 1. The van der Waals surface area contributed by atoms with Crippen LogP contribution in [-0.2, 0) is 0 Å². The van der Waals surface area contributed by atoms with Crippen molar-refractivity contribution in [1.29, 1.82) is 0 Å². The Hall–Kier alpha value is -2.70. The molecule has 92 valence electrons. The average Bonchev–Trinajstić information content (AvgIpc) is 2.30. The molecule has 0 unspecified atom stereocenters. The van der Waals surface area contributed by atoms with Crippen molar-refractivity contribution < 1.29 is 14.3 Å². The molecule has 18 heavy (non-hydrogen) atoms. The predicted molar refractivity (Wildman–Crippen MR) is 60.0 cm³/mol. The maximum absolute atomic E-state index is 12.8. The summed E-state index contributed by atoms with van der Waals surface area (Å²) in [7, 11) is 0. The summed E-state index contributed by atoms with van der Waals surface area (Å²) in [5.74, 6) is -2.03. The monoisotopic (exact) mass is 249 g/mol. The zero-order chi connectivity index (χ0) is 13.3. The lowest BCUT2D eigenvalue weighted by Crippen LogP contribution is -2.25. The first-order chi connectivity index (χ1) is 8.49. The van der Waals surface area contributed by atoms with Crippen LogP contribution >= 0.6 is 0 Å². The minimum absolute atomic E-state index is 0.254. The molecule has 2 rings (SSSR count). The van der Waals surface area contributed by atoms with Crippen LogP contribution in [0.25, 0.3) is 5.69 Å². The number of hydrogen-bond acceptors (Lipinski definition) is 4. The number of primary amides is 1. The standard InChI is InChI=1S/C11H8FN3O3/c12-6-1-3-7(4-2-6)15-9(17)5-8(16)10(14-15)11(13)18/h1-5,16H,(H2,13,18). The van der Waals surface area contributed by atoms with Crippen molar-refractivity contribution in [3.05, 3.63) is 52.2 Å². The van der Waals surface area contributed by atoms with E-state index in [9.17, 15) is 19.1 Å². The largest absolute Gasteiger partial charge is 0.505 e. The summed E-state index contributed by atoms with van der Waals surface area (Å²) in [6.07, 6.45) is 0. The van der Waals surface area contributed by atoms with Crippen LogP contribution in [-0.4, -0.2) is 20.8 Å². The summed E-state index contributed by atoms with van der Waals surface area (Å²) in [6, 6.07) is 5.72. The van der Waals surface area contributed by atoms with E-state index in [1.54, 1.807) is 0 Å². The molecule has 0 saturated heterocycles. The predicted octanol–water partition coefficient (Wildman–Crippen LogP) is 0.176. The van der Waals surface area contributed by atoms with Crippen molar-refractivity contribution in [3.8, 4) is 11.4 Å². The van der Waals surface area contributed by atoms with Gasteiger partial charge in [-0.1, -0.05) is 0 Å². The van der Waals surface area contributed by atoms with Gasteiger partial charge in [-0.3, -0.25) is 9.59 Å². The molecule has 1 aromatic heterocycles. The second-order valence-electron chi connectivity index (χ2n) is 3.47. The molecule has 0 bridgehead atoms. The van der Waals surface area contributed by atoms with E-state index < -0.39 is 28.7 Å². The zero-order valence-electron chi connectivity index (χ0n) is 9.00. The van der Waals surface area contributed by atoms with E-state index in [1.807, 2.05) is 0 Å². The van der Waals surface area contributed by atoms with Gasteiger partial charge in [0, 0.05) is 6.07 Å². The highest BCUT2D eigenvalue weighted by atomic mass is 19.1. The Morgan fingerprint density at radius 1 is 1.33 bits per heavy atom. The minimum atomic E-state index is -0.969. The van der Waals surface area contributed by atoms with Crippen molar-refractivity contribution in [1.82, 2.24) is 9.78 Å². The van der Waals surface area contributed by atoms with Crippen LogP contribution in [0.4, 0.5) is 4.39 Å². The van der Waals surface area contributed by atoms with Crippen molar-refractivity contribution in [2.75, 3.05) is 0 Å². The number of amides is 1. The molecule has 0 saturated carbocycles. The summed E-state index contributed by atoms with van der Waals surface area (Å²) in [5.41, 5.74) is 4.16. The highest BCUT2D eigenvalue weighted by molar-refractivity contribution is 5.93. The topological polar surface area (TPSA) is 98.2 Å². The van der Waals surface area contributed by atoms with E-state index in [0.717, 1.165) is 22.9 Å². The van der Waals surface area contributed by atoms with Crippen molar-refractivity contribution in [3.63, 3.8) is 0 Å². The van der Waals surface area contributed by atoms with Gasteiger partial charge < -0.3 is 10.8 Å². The maximum Gasteiger partial charge on any atom is 0.275 e. The zero-order valence-corrected chi connectivity index (χ0v) is 9.00. The smallest absolute Gasteiger partial charge is 0.275 e. The van der Waals surface area contributed by atoms with Crippen LogP contribution in [0.3, 0.4) is 0 Å². The number of benzene rings is 1. The highest BCUT2D eigenvalue weighted by Gasteiger charge is 2.13. The summed E-state index contributed by atoms with van der Waals surface area (Å²) in [4.78, 5) is 22.6. The lowest BCUT2D eigenvalue weighted by molar-refractivity contribution is 0.0991. The molecule has 0 aliphatic rings. The number of aromatic hydroxyl groups is 1. The molecule has 1 heterocycles. The Morgan fingerprint density at radius 2 is 1.94 bits per heavy atom. The third kappa shape index (κ3) is 2.05. The van der Waals surface area contributed by atoms with Crippen molar-refractivity contribution >= 4 is 5.91 Å². The molecule has 1 amide bonds. The van der Waals surface area contributed by atoms with E-state index in [0.29, 0.717) is 0 Å². The third-order valence-corrected chi connectivity index (χ3v) is 2.22. The summed E-state index contributed by atoms with van der Waals surface area (Å²) >= 11 is 0. The summed E-state index contributed by atoms with van der Waals surface area (Å²) < 4.78 is 13.6. The van der Waals surface area contributed by atoms with E-state index in [-0.39, 0.29) is 5.69 Å². The Kier molecular flexibility index (Phi) is 2.80. The summed E-state index contributed by atoms with van der Waals surface area (Å²) in [5, 5.41) is 13.0. The highest BCUT2D eigenvalue weighted by Crippen LogP contribution is 2.12. The molecular formula is C11H8FN3O3. The molecule has 3 N–H and O–H groups in total. The number of nitrogens with two attached hydrogens (primary N) is 1. The molecule has 0 atom stereocenters. The Bertz CT molecular complexity index is 664. The molecule has 6 nitrogen and oxygen atoms in total. The van der Waals surface area contributed by atoms with Gasteiger partial charge in [0.2, 0.25) is 0 Å². The number of carbonyl (C=O) groups is 1. The van der Waals surface area contributed by atoms with Gasteiger partial charge >= 0.3 is 0 Å². The SMILES string of the molecule is NC(=O)c1nn(-c2ccc(F)cc2)c(=O)cc1O. The molecule has 0 aliphatic carbocycles. The molecule has 7 heteroatoms. The lowest BCUT2D eigenvalue weighted by atomic mass is 10.3. The Labute approximate surface area is 100 Å². The van der Waals surface area contributed by atoms with Gasteiger partial charge in [-0.25, -0.2) is 4.39 Å². The fraction of sp³-hybridized carbons (Fsp3) is 0. The number of aromatic nitrogens is 2. The quantitative estimate of drug-likeness (QED) is 0.792. The molecular weight excluding hydrogens is 241 g/mol. The van der Waals surface area contributed by atoms with Gasteiger partial charge in [0.1, 0.15) is 5.82 Å². The minimum Gasteiger partial charge on any atom is -0.505 e. The fourth-order valence-electron chi connectivity index (χ4n) is 1.39. The summed E-state index contributed by atoms with van der Waals surface area (Å²) in [6.45, 7) is 0. The molecule has 0 spiro atoms. The molecule has 1 aromatic carbocycles. The Balaban J connectivity index is 2.64. The second kappa shape index (κ2) is 4.28. The van der Waals surface area contributed by atoms with Gasteiger partial charge in [-0.05, 0) is 24.3 Å². The van der Waals surface area contributed by atoms with Gasteiger partial charge in [-0.2, -0.15) is 9.78 Å². The van der Waals surface area contributed by atoms with Crippen LogP contribution in [0.1, 0.15) is 10.5 Å². The van der Waals surface area contributed by atoms with Crippen LogP contribution in [0.15, 0.2) is 35.1 Å². The number of carbonyl (C=O) groups excluding carboxylic acids is 1. The van der Waals surface area contributed by atoms with Crippen LogP contribution in [0, 0.1) is 5.82 Å². The maximum atomic E-state index is 12.8. The first kappa shape index (κ1) is 11.8. The first-order valence-corrected chi connectivity index (χ1v) is 4.88. The fourth-order valence-corrected chi connectivity index (χ4v) is 1.39. The van der Waals surface area contributed by atoms with Crippen LogP contribution in [0.2, 0.25) is 0 Å². The molecule has 0 radical (unpaired) electrons. The number of rotatable bonds is 2. The third-order valence-electron chi connectivity index (χ3n) is 2.22. The van der Waals surface area contributed by atoms with Gasteiger partial charge in [-0.15, -0.1) is 0 Å². The number of nitrogens with zero attached hydrogens (tertiary/aromatic N) is 2. The lowest BCUT2D eigenvalue weighted by Gasteiger charge is -2.06. The Morgan fingerprint density at radius 3 is 2.50 bits per heavy atom. The van der Waals surface area contributed by atoms with Gasteiger partial charge in [0.15, 0.2) is 11.4 Å². The molecule has 2 aromatic rings. The van der Waals surface area contributed by atoms with Crippen molar-refractivity contribution in [2.45, 2.75) is 0 Å². The normalized spacial score (nSPS) is 10.3. The second-order valence-corrected chi connectivity index (χ2v) is 3.47. The average molecular weight is 249 g/mol. The van der Waals surface area contributed by atoms with Gasteiger partial charge in [0.25, 0.3) is 11.5 Å². The van der Waals surface area contributed by atoms with Crippen LogP contribution in [0.5, 0.6) is 5.75 Å².